The Morgan fingerprint density at radius 2 is 1.69 bits per heavy atom. The second kappa shape index (κ2) is 10.5. The lowest BCUT2D eigenvalue weighted by Crippen LogP contribution is -2.49. The van der Waals surface area contributed by atoms with E-state index in [-0.39, 0.29) is 5.91 Å². The van der Waals surface area contributed by atoms with E-state index in [0.29, 0.717) is 24.6 Å². The van der Waals surface area contributed by atoms with Crippen molar-refractivity contribution in [2.75, 3.05) is 46.9 Å². The first-order valence-corrected chi connectivity index (χ1v) is 10.1. The maximum atomic E-state index is 12.3. The number of benzene rings is 2. The van der Waals surface area contributed by atoms with Gasteiger partial charge in [0.05, 0.1) is 20.8 Å². The molecule has 0 radical (unpaired) electrons. The Kier molecular flexibility index (Phi) is 7.75. The highest BCUT2D eigenvalue weighted by atomic mass is 35.5. The molecule has 0 bridgehead atoms. The van der Waals surface area contributed by atoms with E-state index in [9.17, 15) is 4.79 Å². The van der Waals surface area contributed by atoms with Crippen LogP contribution in [-0.4, -0.2) is 62.7 Å². The molecule has 1 fully saturated rings. The van der Waals surface area contributed by atoms with E-state index < -0.39 is 0 Å². The average Bonchev–Trinajstić information content (AvgIpc) is 2.73. The summed E-state index contributed by atoms with van der Waals surface area (Å²) < 4.78 is 10.5. The molecule has 6 nitrogen and oxygen atoms in total. The van der Waals surface area contributed by atoms with Crippen LogP contribution in [0.4, 0.5) is 0 Å². The number of nitrogens with zero attached hydrogens (tertiary/aromatic N) is 2. The minimum absolute atomic E-state index is 0.0306. The van der Waals surface area contributed by atoms with Crippen LogP contribution in [0.1, 0.15) is 11.1 Å². The molecular formula is C22H28ClN3O3. The SMILES string of the molecule is COc1ccc(CNC(=O)CN2CCN(Cc3cccc(Cl)c3)CC2)cc1OC. The van der Waals surface area contributed by atoms with Crippen LogP contribution in [-0.2, 0) is 17.9 Å². The molecule has 156 valence electrons. The standard InChI is InChI=1S/C22H28ClN3O3/c1-28-20-7-6-17(13-21(20)29-2)14-24-22(27)16-26-10-8-25(9-11-26)15-18-4-3-5-19(23)12-18/h3-7,12-13H,8-11,14-16H2,1-2H3,(H,24,27). The van der Waals surface area contributed by atoms with E-state index >= 15 is 0 Å². The van der Waals surface area contributed by atoms with Crippen molar-refractivity contribution in [1.82, 2.24) is 15.1 Å². The van der Waals surface area contributed by atoms with E-state index in [0.717, 1.165) is 43.3 Å². The Labute approximate surface area is 177 Å². The second-order valence-corrected chi connectivity index (χ2v) is 7.58. The van der Waals surface area contributed by atoms with Gasteiger partial charge in [0.1, 0.15) is 0 Å². The molecule has 7 heteroatoms. The Balaban J connectivity index is 1.40. The van der Waals surface area contributed by atoms with Crippen LogP contribution in [0.3, 0.4) is 0 Å². The first kappa shape index (κ1) is 21.4. The molecule has 3 rings (SSSR count). The highest BCUT2D eigenvalue weighted by Gasteiger charge is 2.19. The maximum Gasteiger partial charge on any atom is 0.234 e. The molecule has 0 aromatic heterocycles. The van der Waals surface area contributed by atoms with Gasteiger partial charge in [0.25, 0.3) is 0 Å². The minimum Gasteiger partial charge on any atom is -0.493 e. The smallest absolute Gasteiger partial charge is 0.234 e. The van der Waals surface area contributed by atoms with Crippen molar-refractivity contribution in [3.05, 3.63) is 58.6 Å². The molecule has 0 atom stereocenters. The summed E-state index contributed by atoms with van der Waals surface area (Å²) in [5.41, 5.74) is 2.20. The van der Waals surface area contributed by atoms with Gasteiger partial charge in [-0.3, -0.25) is 14.6 Å². The summed E-state index contributed by atoms with van der Waals surface area (Å²) in [6.07, 6.45) is 0. The number of halogens is 1. The van der Waals surface area contributed by atoms with Crippen molar-refractivity contribution >= 4 is 17.5 Å². The predicted molar refractivity (Wildman–Crippen MR) is 115 cm³/mol. The summed E-state index contributed by atoms with van der Waals surface area (Å²) in [5, 5.41) is 3.76. The number of hydrogen-bond donors (Lipinski definition) is 1. The van der Waals surface area contributed by atoms with Crippen molar-refractivity contribution in [2.45, 2.75) is 13.1 Å². The van der Waals surface area contributed by atoms with Crippen LogP contribution in [0.2, 0.25) is 5.02 Å². The fourth-order valence-electron chi connectivity index (χ4n) is 3.45. The molecular weight excluding hydrogens is 390 g/mol. The summed E-state index contributed by atoms with van der Waals surface area (Å²) >= 11 is 6.06. The molecule has 0 aliphatic carbocycles. The number of methoxy groups -OCH3 is 2. The number of carbonyl (C=O) groups excluding carboxylic acids is 1. The summed E-state index contributed by atoms with van der Waals surface area (Å²) in [5.74, 6) is 1.37. The van der Waals surface area contributed by atoms with Gasteiger partial charge in [-0.05, 0) is 35.4 Å². The van der Waals surface area contributed by atoms with Gasteiger partial charge in [0, 0.05) is 44.3 Å². The lowest BCUT2D eigenvalue weighted by Gasteiger charge is -2.34. The summed E-state index contributed by atoms with van der Waals surface area (Å²) in [7, 11) is 3.21. The van der Waals surface area contributed by atoms with Crippen LogP contribution in [0.15, 0.2) is 42.5 Å². The Bertz CT molecular complexity index is 823. The Hall–Kier alpha value is -2.28. The maximum absolute atomic E-state index is 12.3. The zero-order chi connectivity index (χ0) is 20.6. The number of ether oxygens (including phenoxy) is 2. The summed E-state index contributed by atoms with van der Waals surface area (Å²) in [6, 6.07) is 13.6. The molecule has 0 saturated carbocycles. The topological polar surface area (TPSA) is 54.0 Å². The van der Waals surface area contributed by atoms with Crippen LogP contribution in [0.5, 0.6) is 11.5 Å². The fourth-order valence-corrected chi connectivity index (χ4v) is 3.66. The van der Waals surface area contributed by atoms with Gasteiger partial charge in [0.2, 0.25) is 5.91 Å². The van der Waals surface area contributed by atoms with Crippen molar-refractivity contribution in [2.24, 2.45) is 0 Å². The lowest BCUT2D eigenvalue weighted by atomic mass is 10.2. The molecule has 0 spiro atoms. The first-order valence-electron chi connectivity index (χ1n) is 9.74. The highest BCUT2D eigenvalue weighted by molar-refractivity contribution is 6.30. The molecule has 1 heterocycles. The van der Waals surface area contributed by atoms with Gasteiger partial charge in [0.15, 0.2) is 11.5 Å². The second-order valence-electron chi connectivity index (χ2n) is 7.15. The summed E-state index contributed by atoms with van der Waals surface area (Å²) in [6.45, 7) is 5.41. The third-order valence-corrected chi connectivity index (χ3v) is 5.30. The van der Waals surface area contributed by atoms with Gasteiger partial charge in [-0.15, -0.1) is 0 Å². The number of piperazine rings is 1. The van der Waals surface area contributed by atoms with Crippen LogP contribution in [0, 0.1) is 0 Å². The molecule has 1 aliphatic rings. The third-order valence-electron chi connectivity index (χ3n) is 5.06. The van der Waals surface area contributed by atoms with E-state index in [1.54, 1.807) is 14.2 Å². The molecule has 1 aliphatic heterocycles. The number of amides is 1. The molecule has 1 saturated heterocycles. The highest BCUT2D eigenvalue weighted by Crippen LogP contribution is 2.27. The lowest BCUT2D eigenvalue weighted by molar-refractivity contribution is -0.122. The van der Waals surface area contributed by atoms with Gasteiger partial charge in [-0.2, -0.15) is 0 Å². The minimum atomic E-state index is 0.0306. The van der Waals surface area contributed by atoms with Crippen LogP contribution >= 0.6 is 11.6 Å². The van der Waals surface area contributed by atoms with Gasteiger partial charge < -0.3 is 14.8 Å². The van der Waals surface area contributed by atoms with E-state index in [2.05, 4.69) is 21.2 Å². The van der Waals surface area contributed by atoms with E-state index in [1.807, 2.05) is 36.4 Å². The normalized spacial score (nSPS) is 15.1. The average molecular weight is 418 g/mol. The molecule has 1 amide bonds. The van der Waals surface area contributed by atoms with Crippen molar-refractivity contribution in [3.8, 4) is 11.5 Å². The monoisotopic (exact) mass is 417 g/mol. The number of carbonyl (C=O) groups is 1. The van der Waals surface area contributed by atoms with E-state index in [4.69, 9.17) is 21.1 Å². The van der Waals surface area contributed by atoms with Crippen LogP contribution < -0.4 is 14.8 Å². The molecule has 2 aromatic rings. The molecule has 0 unspecified atom stereocenters. The number of hydrogen-bond acceptors (Lipinski definition) is 5. The quantitative estimate of drug-likeness (QED) is 0.715. The number of rotatable bonds is 8. The van der Waals surface area contributed by atoms with Crippen LogP contribution in [0.25, 0.3) is 0 Å². The first-order chi connectivity index (χ1) is 14.1. The zero-order valence-electron chi connectivity index (χ0n) is 17.0. The van der Waals surface area contributed by atoms with Crippen molar-refractivity contribution < 1.29 is 14.3 Å². The molecule has 1 N–H and O–H groups in total. The van der Waals surface area contributed by atoms with E-state index in [1.165, 1.54) is 5.56 Å². The van der Waals surface area contributed by atoms with Crippen molar-refractivity contribution in [1.29, 1.82) is 0 Å². The van der Waals surface area contributed by atoms with Gasteiger partial charge in [-0.25, -0.2) is 0 Å². The zero-order valence-corrected chi connectivity index (χ0v) is 17.7. The van der Waals surface area contributed by atoms with Crippen molar-refractivity contribution in [3.63, 3.8) is 0 Å². The fraction of sp³-hybridized carbons (Fsp3) is 0.409. The Morgan fingerprint density at radius 1 is 0.966 bits per heavy atom. The molecule has 2 aromatic carbocycles. The molecule has 29 heavy (non-hydrogen) atoms. The Morgan fingerprint density at radius 3 is 2.38 bits per heavy atom. The number of nitrogens with one attached hydrogen (secondary N) is 1. The van der Waals surface area contributed by atoms with Gasteiger partial charge >= 0.3 is 0 Å². The van der Waals surface area contributed by atoms with Gasteiger partial charge in [-0.1, -0.05) is 29.8 Å². The predicted octanol–water partition coefficient (Wildman–Crippen LogP) is 2.79. The largest absolute Gasteiger partial charge is 0.493 e. The summed E-state index contributed by atoms with van der Waals surface area (Å²) in [4.78, 5) is 16.9. The third kappa shape index (κ3) is 6.35.